The normalized spacial score (nSPS) is 19.8. The van der Waals surface area contributed by atoms with E-state index in [9.17, 15) is 14.0 Å². The molecular weight excluding hydrogens is 533 g/mol. The second kappa shape index (κ2) is 9.81. The van der Waals surface area contributed by atoms with E-state index in [4.69, 9.17) is 9.47 Å². The van der Waals surface area contributed by atoms with Crippen LogP contribution in [0.15, 0.2) is 53.4 Å². The smallest absolute Gasteiger partial charge is 0.315 e. The highest BCUT2D eigenvalue weighted by Crippen LogP contribution is 2.48. The van der Waals surface area contributed by atoms with Gasteiger partial charge < -0.3 is 14.4 Å². The third kappa shape index (κ3) is 4.64. The largest absolute Gasteiger partial charge is 0.474 e. The summed E-state index contributed by atoms with van der Waals surface area (Å²) in [5.74, 6) is -0.0550. The van der Waals surface area contributed by atoms with Gasteiger partial charge in [0.05, 0.1) is 23.7 Å². The number of aromatic nitrogens is 4. The van der Waals surface area contributed by atoms with Crippen LogP contribution in [-0.2, 0) is 22.0 Å². The summed E-state index contributed by atoms with van der Waals surface area (Å²) in [6.07, 6.45) is -0.0915. The SMILES string of the molecule is COC(=O)C(C)(C)c1cc(OC2[C@H]3CN(C(=O)c4cc(-c5cscn5)nn4C)C[C@@H]23)nc(-c2ccc(F)cc2)c1. The van der Waals surface area contributed by atoms with Crippen LogP contribution < -0.4 is 4.74 Å². The number of hydrogen-bond acceptors (Lipinski definition) is 8. The second-order valence-electron chi connectivity index (χ2n) is 10.7. The Kier molecular flexibility index (Phi) is 6.41. The number of likely N-dealkylation sites (tertiary alicyclic amines) is 1. The summed E-state index contributed by atoms with van der Waals surface area (Å²) in [4.78, 5) is 36.6. The van der Waals surface area contributed by atoms with Crippen molar-refractivity contribution in [2.24, 2.45) is 18.9 Å². The molecule has 1 saturated carbocycles. The Morgan fingerprint density at radius 3 is 2.42 bits per heavy atom. The fraction of sp³-hybridized carbons (Fsp3) is 0.345. The first kappa shape index (κ1) is 26.1. The van der Waals surface area contributed by atoms with Crippen molar-refractivity contribution in [1.29, 1.82) is 0 Å². The van der Waals surface area contributed by atoms with E-state index in [-0.39, 0.29) is 35.6 Å². The first-order valence-electron chi connectivity index (χ1n) is 12.9. The van der Waals surface area contributed by atoms with Crippen molar-refractivity contribution in [3.05, 3.63) is 70.4 Å². The Labute approximate surface area is 234 Å². The van der Waals surface area contributed by atoms with Crippen molar-refractivity contribution in [2.75, 3.05) is 20.2 Å². The predicted molar refractivity (Wildman–Crippen MR) is 146 cm³/mol. The van der Waals surface area contributed by atoms with Crippen molar-refractivity contribution < 1.29 is 23.5 Å². The van der Waals surface area contributed by atoms with E-state index in [1.54, 1.807) is 61.4 Å². The number of hydrogen-bond donors (Lipinski definition) is 0. The van der Waals surface area contributed by atoms with Crippen LogP contribution in [0.1, 0.15) is 29.9 Å². The first-order valence-corrected chi connectivity index (χ1v) is 13.9. The lowest BCUT2D eigenvalue weighted by atomic mass is 9.84. The molecule has 6 rings (SSSR count). The van der Waals surface area contributed by atoms with Crippen LogP contribution in [0.2, 0.25) is 0 Å². The molecule has 40 heavy (non-hydrogen) atoms. The predicted octanol–water partition coefficient (Wildman–Crippen LogP) is 4.34. The third-order valence-corrected chi connectivity index (χ3v) is 8.40. The van der Waals surface area contributed by atoms with Crippen molar-refractivity contribution >= 4 is 23.2 Å². The Hall–Kier alpha value is -4.12. The molecular formula is C29H28FN5O4S. The number of carbonyl (C=O) groups is 2. The minimum Gasteiger partial charge on any atom is -0.474 e. The van der Waals surface area contributed by atoms with E-state index in [0.717, 1.165) is 5.69 Å². The molecule has 0 bridgehead atoms. The van der Waals surface area contributed by atoms with E-state index < -0.39 is 5.41 Å². The molecule has 206 valence electrons. The quantitative estimate of drug-likeness (QED) is 0.310. The monoisotopic (exact) mass is 561 g/mol. The molecule has 0 N–H and O–H groups in total. The molecule has 1 unspecified atom stereocenters. The minimum absolute atomic E-state index is 0.0685. The van der Waals surface area contributed by atoms with Crippen molar-refractivity contribution in [3.63, 3.8) is 0 Å². The highest BCUT2D eigenvalue weighted by molar-refractivity contribution is 7.07. The van der Waals surface area contributed by atoms with Crippen LogP contribution in [0.4, 0.5) is 4.39 Å². The molecule has 2 fully saturated rings. The minimum atomic E-state index is -0.951. The topological polar surface area (TPSA) is 99.4 Å². The number of carbonyl (C=O) groups excluding carboxylic acids is 2. The summed E-state index contributed by atoms with van der Waals surface area (Å²) in [5, 5.41) is 6.36. The number of nitrogens with zero attached hydrogens (tertiary/aromatic N) is 5. The number of methoxy groups -OCH3 is 1. The fourth-order valence-electron chi connectivity index (χ4n) is 5.31. The molecule has 1 aliphatic carbocycles. The number of thiazole rings is 1. The van der Waals surface area contributed by atoms with Crippen molar-refractivity contribution in [3.8, 4) is 28.5 Å². The molecule has 1 aromatic carbocycles. The molecule has 3 aromatic heterocycles. The van der Waals surface area contributed by atoms with Gasteiger partial charge in [-0.25, -0.2) is 14.4 Å². The van der Waals surface area contributed by atoms with Gasteiger partial charge in [0.2, 0.25) is 5.88 Å². The van der Waals surface area contributed by atoms with E-state index in [1.165, 1.54) is 30.6 Å². The number of halogens is 1. The van der Waals surface area contributed by atoms with Gasteiger partial charge in [-0.15, -0.1) is 11.3 Å². The molecule has 1 aliphatic heterocycles. The molecule has 0 spiro atoms. The molecule has 11 heteroatoms. The van der Waals surface area contributed by atoms with Gasteiger partial charge in [0, 0.05) is 49.0 Å². The zero-order chi connectivity index (χ0) is 28.2. The number of rotatable bonds is 7. The van der Waals surface area contributed by atoms with Gasteiger partial charge in [0.25, 0.3) is 5.91 Å². The van der Waals surface area contributed by atoms with Crippen LogP contribution >= 0.6 is 11.3 Å². The fourth-order valence-corrected chi connectivity index (χ4v) is 5.86. The standard InChI is InChI=1S/C29H28FN5O4S/c1-29(2,28(37)38-4)17-9-21(16-5-7-18(30)8-6-16)32-25(10-17)39-26-19-12-35(13-20(19)26)27(36)24-11-22(33-34(24)3)23-14-40-15-31-23/h5-11,14-15,19-20,26H,12-13H2,1-4H3/t19-,20+,26?. The Morgan fingerprint density at radius 1 is 1.05 bits per heavy atom. The lowest BCUT2D eigenvalue weighted by Gasteiger charge is -2.24. The number of piperidine rings is 1. The maximum absolute atomic E-state index is 13.6. The van der Waals surface area contributed by atoms with Crippen LogP contribution in [0.5, 0.6) is 5.88 Å². The summed E-state index contributed by atoms with van der Waals surface area (Å²) in [5.41, 5.74) is 4.69. The summed E-state index contributed by atoms with van der Waals surface area (Å²) < 4.78 is 26.5. The maximum Gasteiger partial charge on any atom is 0.315 e. The van der Waals surface area contributed by atoms with Crippen LogP contribution in [-0.4, -0.2) is 62.8 Å². The van der Waals surface area contributed by atoms with Crippen LogP contribution in [0.25, 0.3) is 22.6 Å². The molecule has 1 saturated heterocycles. The van der Waals surface area contributed by atoms with Crippen LogP contribution in [0.3, 0.4) is 0 Å². The molecule has 0 radical (unpaired) electrons. The van der Waals surface area contributed by atoms with Crippen molar-refractivity contribution in [2.45, 2.75) is 25.4 Å². The number of aryl methyl sites for hydroxylation is 1. The van der Waals surface area contributed by atoms with E-state index in [1.807, 2.05) is 10.3 Å². The highest BCUT2D eigenvalue weighted by atomic mass is 32.1. The summed E-state index contributed by atoms with van der Waals surface area (Å²) >= 11 is 1.48. The average Bonchev–Trinajstić information content (AvgIpc) is 3.46. The lowest BCUT2D eigenvalue weighted by molar-refractivity contribution is -0.146. The Bertz CT molecular complexity index is 1570. The van der Waals surface area contributed by atoms with Gasteiger partial charge in [0.1, 0.15) is 29.0 Å². The van der Waals surface area contributed by atoms with Gasteiger partial charge in [-0.1, -0.05) is 0 Å². The molecule has 4 aromatic rings. The van der Waals surface area contributed by atoms with Crippen molar-refractivity contribution in [1.82, 2.24) is 24.6 Å². The third-order valence-electron chi connectivity index (χ3n) is 7.81. The summed E-state index contributed by atoms with van der Waals surface area (Å²) in [6.45, 7) is 4.70. The van der Waals surface area contributed by atoms with E-state index in [0.29, 0.717) is 47.2 Å². The van der Waals surface area contributed by atoms with Gasteiger partial charge in [-0.2, -0.15) is 5.10 Å². The number of ether oxygens (including phenoxy) is 2. The zero-order valence-electron chi connectivity index (χ0n) is 22.5. The number of esters is 1. The average molecular weight is 562 g/mol. The molecule has 3 atom stereocenters. The van der Waals surface area contributed by atoms with Gasteiger partial charge >= 0.3 is 5.97 Å². The molecule has 2 aliphatic rings. The number of amides is 1. The van der Waals surface area contributed by atoms with Crippen LogP contribution in [0, 0.1) is 17.7 Å². The molecule has 9 nitrogen and oxygen atoms in total. The second-order valence-corrected chi connectivity index (χ2v) is 11.5. The number of pyridine rings is 1. The van der Waals surface area contributed by atoms with Gasteiger partial charge in [0.15, 0.2) is 0 Å². The van der Waals surface area contributed by atoms with E-state index in [2.05, 4.69) is 15.1 Å². The summed E-state index contributed by atoms with van der Waals surface area (Å²) in [7, 11) is 3.12. The Morgan fingerprint density at radius 2 is 1.77 bits per heavy atom. The molecule has 4 heterocycles. The number of benzene rings is 1. The summed E-state index contributed by atoms with van der Waals surface area (Å²) in [6, 6.07) is 11.4. The van der Waals surface area contributed by atoms with Gasteiger partial charge in [-0.05, 0) is 55.8 Å². The Balaban J connectivity index is 1.19. The highest BCUT2D eigenvalue weighted by Gasteiger charge is 2.59. The first-order chi connectivity index (χ1) is 19.2. The lowest BCUT2D eigenvalue weighted by Crippen LogP contribution is -2.34. The molecule has 1 amide bonds. The number of fused-ring (bicyclic) bond motifs is 1. The maximum atomic E-state index is 13.6. The van der Waals surface area contributed by atoms with Gasteiger partial charge in [-0.3, -0.25) is 14.3 Å². The zero-order valence-corrected chi connectivity index (χ0v) is 23.3. The van der Waals surface area contributed by atoms with E-state index >= 15 is 0 Å².